The van der Waals surface area contributed by atoms with E-state index in [1.165, 1.54) is 5.57 Å². The molecule has 0 N–H and O–H groups in total. The van der Waals surface area contributed by atoms with Gasteiger partial charge in [-0.25, -0.2) is 0 Å². The van der Waals surface area contributed by atoms with Crippen molar-refractivity contribution in [3.63, 3.8) is 0 Å². The number of allylic oxidation sites excluding steroid dienone is 1. The summed E-state index contributed by atoms with van der Waals surface area (Å²) in [6.07, 6.45) is 5.34. The van der Waals surface area contributed by atoms with Gasteiger partial charge in [-0.05, 0) is 25.6 Å². The standard InChI is InChI=1S/C10H19N/c1-5-7-8-10(3)9-11(4)6-2/h7-8H,3,5-6,9H2,1-2,4H3/b8-7-. The molecular formula is C10H19N. The molecule has 0 aliphatic carbocycles. The second-order valence-electron chi connectivity index (χ2n) is 2.80. The van der Waals surface area contributed by atoms with Gasteiger partial charge < -0.3 is 4.90 Å². The number of nitrogens with zero attached hydrogens (tertiary/aromatic N) is 1. The van der Waals surface area contributed by atoms with Crippen LogP contribution in [0.3, 0.4) is 0 Å². The van der Waals surface area contributed by atoms with Crippen molar-refractivity contribution in [2.75, 3.05) is 20.1 Å². The lowest BCUT2D eigenvalue weighted by molar-refractivity contribution is 0.386. The zero-order valence-corrected chi connectivity index (χ0v) is 7.93. The van der Waals surface area contributed by atoms with Crippen molar-refractivity contribution in [1.82, 2.24) is 4.90 Å². The first-order valence-corrected chi connectivity index (χ1v) is 4.23. The third kappa shape index (κ3) is 5.86. The highest BCUT2D eigenvalue weighted by molar-refractivity contribution is 5.15. The quantitative estimate of drug-likeness (QED) is 0.548. The minimum absolute atomic E-state index is 0.979. The highest BCUT2D eigenvalue weighted by Gasteiger charge is 1.93. The molecule has 1 heteroatoms. The second kappa shape index (κ2) is 6.17. The molecule has 0 heterocycles. The Morgan fingerprint density at radius 3 is 2.55 bits per heavy atom. The summed E-state index contributed by atoms with van der Waals surface area (Å²) in [5.74, 6) is 0. The van der Waals surface area contributed by atoms with Crippen molar-refractivity contribution in [2.45, 2.75) is 20.3 Å². The largest absolute Gasteiger partial charge is 0.302 e. The topological polar surface area (TPSA) is 3.24 Å². The zero-order chi connectivity index (χ0) is 8.69. The Balaban J connectivity index is 3.60. The number of likely N-dealkylation sites (N-methyl/N-ethyl adjacent to an activating group) is 1. The fourth-order valence-corrected chi connectivity index (χ4v) is 0.796. The second-order valence-corrected chi connectivity index (χ2v) is 2.80. The molecule has 0 amide bonds. The predicted octanol–water partition coefficient (Wildman–Crippen LogP) is 2.46. The lowest BCUT2D eigenvalue weighted by Gasteiger charge is -2.12. The van der Waals surface area contributed by atoms with Gasteiger partial charge in [0.05, 0.1) is 0 Å². The van der Waals surface area contributed by atoms with Crippen LogP contribution in [0.5, 0.6) is 0 Å². The van der Waals surface area contributed by atoms with E-state index in [4.69, 9.17) is 0 Å². The van der Waals surface area contributed by atoms with Crippen LogP contribution < -0.4 is 0 Å². The van der Waals surface area contributed by atoms with Crippen LogP contribution in [0.15, 0.2) is 24.3 Å². The van der Waals surface area contributed by atoms with Crippen molar-refractivity contribution in [2.24, 2.45) is 0 Å². The SMILES string of the molecule is C=C(/C=C\CC)CN(C)CC. The Kier molecular flexibility index (Phi) is 5.86. The Hall–Kier alpha value is -0.560. The first kappa shape index (κ1) is 10.4. The summed E-state index contributed by atoms with van der Waals surface area (Å²) in [5, 5.41) is 0. The summed E-state index contributed by atoms with van der Waals surface area (Å²) < 4.78 is 0. The van der Waals surface area contributed by atoms with Gasteiger partial charge in [-0.15, -0.1) is 0 Å². The molecule has 0 aromatic heterocycles. The number of hydrogen-bond donors (Lipinski definition) is 0. The van der Waals surface area contributed by atoms with Gasteiger partial charge in [-0.1, -0.05) is 32.6 Å². The molecule has 0 rings (SSSR count). The van der Waals surface area contributed by atoms with Gasteiger partial charge in [0.15, 0.2) is 0 Å². The first-order valence-electron chi connectivity index (χ1n) is 4.23. The predicted molar refractivity (Wildman–Crippen MR) is 51.7 cm³/mol. The van der Waals surface area contributed by atoms with Gasteiger partial charge in [0.1, 0.15) is 0 Å². The fraction of sp³-hybridized carbons (Fsp3) is 0.600. The summed E-state index contributed by atoms with van der Waals surface area (Å²) in [6.45, 7) is 10.3. The van der Waals surface area contributed by atoms with Crippen LogP contribution in [0.25, 0.3) is 0 Å². The van der Waals surface area contributed by atoms with E-state index >= 15 is 0 Å². The smallest absolute Gasteiger partial charge is 0.0224 e. The van der Waals surface area contributed by atoms with E-state index in [1.54, 1.807) is 0 Å². The zero-order valence-electron chi connectivity index (χ0n) is 7.93. The summed E-state index contributed by atoms with van der Waals surface area (Å²) >= 11 is 0. The Morgan fingerprint density at radius 2 is 2.09 bits per heavy atom. The van der Waals surface area contributed by atoms with Gasteiger partial charge in [-0.2, -0.15) is 0 Å². The van der Waals surface area contributed by atoms with Gasteiger partial charge in [0.25, 0.3) is 0 Å². The minimum atomic E-state index is 0.979. The molecule has 0 fully saturated rings. The Labute approximate surface area is 70.4 Å². The van der Waals surface area contributed by atoms with Crippen molar-refractivity contribution in [3.8, 4) is 0 Å². The number of hydrogen-bond acceptors (Lipinski definition) is 1. The van der Waals surface area contributed by atoms with E-state index in [9.17, 15) is 0 Å². The number of rotatable bonds is 5. The van der Waals surface area contributed by atoms with Crippen LogP contribution in [-0.2, 0) is 0 Å². The summed E-state index contributed by atoms with van der Waals surface area (Å²) in [6, 6.07) is 0. The van der Waals surface area contributed by atoms with Crippen molar-refractivity contribution in [3.05, 3.63) is 24.3 Å². The van der Waals surface area contributed by atoms with Crippen molar-refractivity contribution >= 4 is 0 Å². The molecule has 0 aliphatic rings. The van der Waals surface area contributed by atoms with E-state index in [0.29, 0.717) is 0 Å². The van der Waals surface area contributed by atoms with Crippen molar-refractivity contribution in [1.29, 1.82) is 0 Å². The molecule has 64 valence electrons. The summed E-state index contributed by atoms with van der Waals surface area (Å²) in [7, 11) is 2.10. The van der Waals surface area contributed by atoms with E-state index in [2.05, 4.69) is 44.5 Å². The maximum absolute atomic E-state index is 3.95. The van der Waals surface area contributed by atoms with E-state index < -0.39 is 0 Å². The highest BCUT2D eigenvalue weighted by atomic mass is 15.1. The van der Waals surface area contributed by atoms with Crippen LogP contribution in [0, 0.1) is 0 Å². The van der Waals surface area contributed by atoms with Crippen LogP contribution >= 0.6 is 0 Å². The molecule has 1 nitrogen and oxygen atoms in total. The summed E-state index contributed by atoms with van der Waals surface area (Å²) in [5.41, 5.74) is 1.19. The maximum atomic E-state index is 3.95. The van der Waals surface area contributed by atoms with Gasteiger partial charge >= 0.3 is 0 Å². The lowest BCUT2D eigenvalue weighted by Crippen LogP contribution is -2.19. The molecule has 0 aromatic rings. The van der Waals surface area contributed by atoms with E-state index in [-0.39, 0.29) is 0 Å². The molecule has 0 spiro atoms. The van der Waals surface area contributed by atoms with Crippen LogP contribution in [-0.4, -0.2) is 25.0 Å². The average Bonchev–Trinajstić information content (AvgIpc) is 2.00. The van der Waals surface area contributed by atoms with Crippen molar-refractivity contribution < 1.29 is 0 Å². The summed E-state index contributed by atoms with van der Waals surface area (Å²) in [4.78, 5) is 2.24. The van der Waals surface area contributed by atoms with Crippen LogP contribution in [0.1, 0.15) is 20.3 Å². The molecule has 0 saturated heterocycles. The van der Waals surface area contributed by atoms with Crippen LogP contribution in [0.2, 0.25) is 0 Å². The molecule has 0 aromatic carbocycles. The molecule has 0 atom stereocenters. The average molecular weight is 153 g/mol. The monoisotopic (exact) mass is 153 g/mol. The molecular weight excluding hydrogens is 134 g/mol. The highest BCUT2D eigenvalue weighted by Crippen LogP contribution is 1.96. The Bertz CT molecular complexity index is 136. The van der Waals surface area contributed by atoms with E-state index in [1.807, 2.05) is 0 Å². The molecule has 11 heavy (non-hydrogen) atoms. The third-order valence-electron chi connectivity index (χ3n) is 1.60. The molecule has 0 saturated carbocycles. The molecule has 0 aliphatic heterocycles. The lowest BCUT2D eigenvalue weighted by atomic mass is 10.2. The maximum Gasteiger partial charge on any atom is 0.0224 e. The molecule has 0 bridgehead atoms. The first-order chi connectivity index (χ1) is 5.20. The fourth-order valence-electron chi connectivity index (χ4n) is 0.796. The van der Waals surface area contributed by atoms with Gasteiger partial charge in [-0.3, -0.25) is 0 Å². The molecule has 0 radical (unpaired) electrons. The van der Waals surface area contributed by atoms with E-state index in [0.717, 1.165) is 19.5 Å². The third-order valence-corrected chi connectivity index (χ3v) is 1.60. The normalized spacial score (nSPS) is 11.3. The molecule has 0 unspecified atom stereocenters. The van der Waals surface area contributed by atoms with Crippen LogP contribution in [0.4, 0.5) is 0 Å². The van der Waals surface area contributed by atoms with Gasteiger partial charge in [0, 0.05) is 6.54 Å². The minimum Gasteiger partial charge on any atom is -0.302 e. The van der Waals surface area contributed by atoms with Gasteiger partial charge in [0.2, 0.25) is 0 Å². The Morgan fingerprint density at radius 1 is 1.45 bits per heavy atom.